The Labute approximate surface area is 165 Å². The summed E-state index contributed by atoms with van der Waals surface area (Å²) >= 11 is 0. The van der Waals surface area contributed by atoms with Gasteiger partial charge in [-0.1, -0.05) is 36.4 Å². The van der Waals surface area contributed by atoms with Crippen molar-refractivity contribution < 1.29 is 14.6 Å². The third kappa shape index (κ3) is 4.41. The van der Waals surface area contributed by atoms with E-state index >= 15 is 0 Å². The zero-order valence-electron chi connectivity index (χ0n) is 15.7. The van der Waals surface area contributed by atoms with Crippen LogP contribution >= 0.6 is 0 Å². The average Bonchev–Trinajstić information content (AvgIpc) is 2.71. The Morgan fingerprint density at radius 2 is 2.00 bits per heavy atom. The molecule has 0 saturated heterocycles. The van der Waals surface area contributed by atoms with E-state index in [0.29, 0.717) is 30.6 Å². The van der Waals surface area contributed by atoms with E-state index in [9.17, 15) is 19.5 Å². The number of nitrogens with zero attached hydrogens (tertiary/aromatic N) is 2. The van der Waals surface area contributed by atoms with Gasteiger partial charge in [0.25, 0.3) is 5.56 Å². The molecule has 0 spiro atoms. The topological polar surface area (TPSA) is 126 Å². The number of hydrogen-bond acceptors (Lipinski definition) is 5. The van der Waals surface area contributed by atoms with Crippen LogP contribution in [0.15, 0.2) is 57.0 Å². The minimum Gasteiger partial charge on any atom is -0.493 e. The molecule has 0 aliphatic heterocycles. The Balaban J connectivity index is 1.99. The third-order valence-electron chi connectivity index (χ3n) is 4.24. The van der Waals surface area contributed by atoms with Crippen molar-refractivity contribution in [2.75, 3.05) is 20.3 Å². The molecule has 1 aromatic heterocycles. The lowest BCUT2D eigenvalue weighted by molar-refractivity contribution is 0.194. The Morgan fingerprint density at radius 3 is 2.79 bits per heavy atom. The number of hydrogen-bond donors (Lipinski definition) is 3. The number of nitrogens with one attached hydrogen (secondary N) is 2. The molecule has 9 nitrogen and oxygen atoms in total. The van der Waals surface area contributed by atoms with Crippen molar-refractivity contribution in [1.29, 1.82) is 0 Å². The number of H-pyrrole nitrogens is 1. The first-order valence-corrected chi connectivity index (χ1v) is 8.90. The van der Waals surface area contributed by atoms with Crippen LogP contribution in [0.4, 0.5) is 4.79 Å². The highest BCUT2D eigenvalue weighted by Gasteiger charge is 2.16. The number of ether oxygens (including phenoxy) is 1. The molecule has 150 valence electrons. The Bertz CT molecular complexity index is 1170. The van der Waals surface area contributed by atoms with Crippen LogP contribution in [-0.2, 0) is 4.74 Å². The second kappa shape index (κ2) is 8.98. The van der Waals surface area contributed by atoms with E-state index in [1.54, 1.807) is 31.4 Å². The van der Waals surface area contributed by atoms with Crippen LogP contribution in [0.3, 0.4) is 0 Å². The summed E-state index contributed by atoms with van der Waals surface area (Å²) in [5.41, 5.74) is -1.56. The summed E-state index contributed by atoms with van der Waals surface area (Å²) in [6.45, 7) is 0.836. The van der Waals surface area contributed by atoms with E-state index < -0.39 is 23.2 Å². The number of aliphatic imine (C=N–C) groups is 1. The normalized spacial score (nSPS) is 11.2. The number of carbonyl (C=O) groups excluding carboxylic acids is 1. The molecule has 0 unspecified atom stereocenters. The van der Waals surface area contributed by atoms with Gasteiger partial charge >= 0.3 is 11.7 Å². The van der Waals surface area contributed by atoms with Crippen molar-refractivity contribution in [1.82, 2.24) is 14.9 Å². The fourth-order valence-electron chi connectivity index (χ4n) is 2.86. The zero-order chi connectivity index (χ0) is 20.8. The highest BCUT2D eigenvalue weighted by molar-refractivity contribution is 5.93. The minimum atomic E-state index is -0.847. The number of benzene rings is 2. The van der Waals surface area contributed by atoms with E-state index in [2.05, 4.69) is 15.3 Å². The summed E-state index contributed by atoms with van der Waals surface area (Å²) in [4.78, 5) is 42.1. The lowest BCUT2D eigenvalue weighted by Crippen LogP contribution is -2.31. The van der Waals surface area contributed by atoms with Crippen LogP contribution in [0.1, 0.15) is 12.0 Å². The number of amides is 2. The van der Waals surface area contributed by atoms with Gasteiger partial charge in [-0.3, -0.25) is 9.78 Å². The van der Waals surface area contributed by atoms with Crippen molar-refractivity contribution in [3.05, 3.63) is 68.9 Å². The van der Waals surface area contributed by atoms with Gasteiger partial charge in [-0.25, -0.2) is 19.1 Å². The SMILES string of the molecule is COCCCNC(=O)/N=C/c1c(O)n(-c2cccc3ccccc23)c(=O)[nH]c1=O. The molecule has 1 heterocycles. The van der Waals surface area contributed by atoms with Gasteiger partial charge in [0, 0.05) is 25.6 Å². The average molecular weight is 396 g/mol. The molecule has 2 amide bonds. The van der Waals surface area contributed by atoms with Gasteiger partial charge in [0.1, 0.15) is 5.56 Å². The van der Waals surface area contributed by atoms with Crippen molar-refractivity contribution in [3.8, 4) is 11.6 Å². The van der Waals surface area contributed by atoms with E-state index in [0.717, 1.165) is 16.2 Å². The lowest BCUT2D eigenvalue weighted by atomic mass is 10.1. The Morgan fingerprint density at radius 1 is 1.24 bits per heavy atom. The summed E-state index contributed by atoms with van der Waals surface area (Å²) < 4.78 is 5.85. The van der Waals surface area contributed by atoms with Crippen molar-refractivity contribution in [3.63, 3.8) is 0 Å². The quantitative estimate of drug-likeness (QED) is 0.431. The first kappa shape index (κ1) is 20.0. The summed E-state index contributed by atoms with van der Waals surface area (Å²) in [6.07, 6.45) is 1.54. The summed E-state index contributed by atoms with van der Waals surface area (Å²) in [5.74, 6) is -0.606. The van der Waals surface area contributed by atoms with Crippen LogP contribution in [0.5, 0.6) is 5.88 Å². The number of methoxy groups -OCH3 is 1. The highest BCUT2D eigenvalue weighted by Crippen LogP contribution is 2.24. The number of aromatic hydroxyl groups is 1. The van der Waals surface area contributed by atoms with Crippen molar-refractivity contribution in [2.45, 2.75) is 6.42 Å². The van der Waals surface area contributed by atoms with E-state index in [4.69, 9.17) is 4.74 Å². The first-order valence-electron chi connectivity index (χ1n) is 8.90. The monoisotopic (exact) mass is 396 g/mol. The number of rotatable bonds is 6. The van der Waals surface area contributed by atoms with Crippen molar-refractivity contribution >= 4 is 23.0 Å². The minimum absolute atomic E-state index is 0.301. The Kier molecular flexibility index (Phi) is 6.20. The molecule has 3 N–H and O–H groups in total. The van der Waals surface area contributed by atoms with E-state index in [-0.39, 0.29) is 5.56 Å². The van der Waals surface area contributed by atoms with Gasteiger partial charge in [0.2, 0.25) is 5.88 Å². The molecular formula is C20H20N4O5. The van der Waals surface area contributed by atoms with Gasteiger partial charge in [0.05, 0.1) is 11.9 Å². The molecule has 0 aliphatic rings. The molecule has 3 rings (SSSR count). The van der Waals surface area contributed by atoms with Gasteiger partial charge < -0.3 is 15.2 Å². The van der Waals surface area contributed by atoms with Crippen molar-refractivity contribution in [2.24, 2.45) is 4.99 Å². The van der Waals surface area contributed by atoms with Gasteiger partial charge in [-0.05, 0) is 17.9 Å². The molecule has 2 aromatic carbocycles. The van der Waals surface area contributed by atoms with E-state index in [1.165, 1.54) is 0 Å². The second-order valence-corrected chi connectivity index (χ2v) is 6.17. The molecule has 0 radical (unpaired) electrons. The number of urea groups is 1. The fraction of sp³-hybridized carbons (Fsp3) is 0.200. The smallest absolute Gasteiger partial charge is 0.340 e. The summed E-state index contributed by atoms with van der Waals surface area (Å²) in [6, 6.07) is 11.9. The molecule has 0 bridgehead atoms. The summed E-state index contributed by atoms with van der Waals surface area (Å²) in [7, 11) is 1.56. The molecule has 0 aliphatic carbocycles. The molecule has 29 heavy (non-hydrogen) atoms. The Hall–Kier alpha value is -3.72. The molecule has 0 fully saturated rings. The van der Waals surface area contributed by atoms with Gasteiger partial charge in [0.15, 0.2) is 0 Å². The van der Waals surface area contributed by atoms with Crippen LogP contribution < -0.4 is 16.6 Å². The summed E-state index contributed by atoms with van der Waals surface area (Å²) in [5, 5.41) is 14.7. The molecule has 9 heteroatoms. The second-order valence-electron chi connectivity index (χ2n) is 6.17. The van der Waals surface area contributed by atoms with E-state index in [1.807, 2.05) is 18.2 Å². The predicted molar refractivity (Wildman–Crippen MR) is 109 cm³/mol. The van der Waals surface area contributed by atoms with Crippen LogP contribution in [0.2, 0.25) is 0 Å². The maximum atomic E-state index is 12.4. The number of fused-ring (bicyclic) bond motifs is 1. The lowest BCUT2D eigenvalue weighted by Gasteiger charge is -2.12. The van der Waals surface area contributed by atoms with Gasteiger partial charge in [-0.15, -0.1) is 0 Å². The molecule has 0 atom stereocenters. The van der Waals surface area contributed by atoms with Crippen LogP contribution in [0, 0.1) is 0 Å². The highest BCUT2D eigenvalue weighted by atomic mass is 16.5. The number of aromatic nitrogens is 2. The number of carbonyl (C=O) groups is 1. The van der Waals surface area contributed by atoms with Crippen LogP contribution in [-0.4, -0.2) is 47.2 Å². The predicted octanol–water partition coefficient (Wildman–Crippen LogP) is 1.55. The number of aromatic amines is 1. The fourth-order valence-corrected chi connectivity index (χ4v) is 2.86. The molecule has 3 aromatic rings. The third-order valence-corrected chi connectivity index (χ3v) is 4.24. The maximum Gasteiger partial charge on any atom is 0.340 e. The largest absolute Gasteiger partial charge is 0.493 e. The standard InChI is InChI=1S/C20H20N4O5/c1-29-11-5-10-21-19(27)22-12-15-17(25)23-20(28)24(18(15)26)16-9-4-7-13-6-2-3-8-14(13)16/h2-4,6-9,12,26H,5,10-11H2,1H3,(H,21,27)(H,23,25,28)/b22-12+. The maximum absolute atomic E-state index is 12.4. The molecule has 0 saturated carbocycles. The van der Waals surface area contributed by atoms with Gasteiger partial charge in [-0.2, -0.15) is 0 Å². The molecular weight excluding hydrogens is 376 g/mol. The van der Waals surface area contributed by atoms with Crippen LogP contribution in [0.25, 0.3) is 16.5 Å². The first-order chi connectivity index (χ1) is 14.0. The zero-order valence-corrected chi connectivity index (χ0v) is 15.7.